The Morgan fingerprint density at radius 2 is 1.77 bits per heavy atom. The maximum atomic E-state index is 12.2. The number of benzene rings is 2. The number of anilines is 1. The lowest BCUT2D eigenvalue weighted by Gasteiger charge is -1.99. The number of hydrogen-bond donors (Lipinski definition) is 1. The molecular weight excluding hydrogens is 284 g/mol. The van der Waals surface area contributed by atoms with E-state index in [9.17, 15) is 19.7 Å². The van der Waals surface area contributed by atoms with Crippen LogP contribution in [0.3, 0.4) is 0 Å². The number of carbonyl (C=O) groups excluding carboxylic acids is 2. The number of ketones is 1. The number of rotatable bonds is 3. The van der Waals surface area contributed by atoms with Gasteiger partial charge in [-0.1, -0.05) is 18.2 Å². The molecule has 3 rings (SSSR count). The van der Waals surface area contributed by atoms with Crippen molar-refractivity contribution in [2.24, 2.45) is 0 Å². The minimum atomic E-state index is -0.534. The molecule has 0 aromatic heterocycles. The van der Waals surface area contributed by atoms with Crippen molar-refractivity contribution >= 4 is 28.6 Å². The summed E-state index contributed by atoms with van der Waals surface area (Å²) in [5.74, 6) is -0.715. The van der Waals surface area contributed by atoms with Gasteiger partial charge in [-0.15, -0.1) is 0 Å². The number of carbonyl (C=O) groups is 2. The maximum Gasteiger partial charge on any atom is 0.269 e. The second-order valence-electron chi connectivity index (χ2n) is 4.73. The van der Waals surface area contributed by atoms with E-state index in [0.717, 1.165) is 0 Å². The molecule has 6 nitrogen and oxygen atoms in total. The number of non-ortho nitro benzene ring substituents is 1. The van der Waals surface area contributed by atoms with E-state index in [4.69, 9.17) is 0 Å². The van der Waals surface area contributed by atoms with Crippen molar-refractivity contribution in [1.29, 1.82) is 0 Å². The van der Waals surface area contributed by atoms with Crippen LogP contribution in [-0.4, -0.2) is 16.6 Å². The number of nitrogens with zero attached hydrogens (tertiary/aromatic N) is 1. The van der Waals surface area contributed by atoms with Crippen LogP contribution in [0.5, 0.6) is 0 Å². The molecule has 1 heterocycles. The molecule has 22 heavy (non-hydrogen) atoms. The summed E-state index contributed by atoms with van der Waals surface area (Å²) in [7, 11) is 0. The summed E-state index contributed by atoms with van der Waals surface area (Å²) in [5.41, 5.74) is 1.82. The number of nitrogens with one attached hydrogen (secondary N) is 1. The molecule has 0 bridgehead atoms. The third-order valence-electron chi connectivity index (χ3n) is 3.35. The monoisotopic (exact) mass is 294 g/mol. The molecule has 1 aliphatic heterocycles. The third kappa shape index (κ3) is 2.37. The lowest BCUT2D eigenvalue weighted by molar-refractivity contribution is -0.384. The van der Waals surface area contributed by atoms with Crippen LogP contribution in [0.25, 0.3) is 5.57 Å². The molecule has 0 spiro atoms. The number of amides is 1. The molecule has 0 atom stereocenters. The Balaban J connectivity index is 1.93. The highest BCUT2D eigenvalue weighted by molar-refractivity contribution is 6.35. The Hall–Kier alpha value is -3.28. The van der Waals surface area contributed by atoms with Gasteiger partial charge in [0.25, 0.3) is 11.6 Å². The van der Waals surface area contributed by atoms with E-state index < -0.39 is 4.92 Å². The van der Waals surface area contributed by atoms with Crippen molar-refractivity contribution < 1.29 is 14.5 Å². The van der Waals surface area contributed by atoms with Crippen LogP contribution >= 0.6 is 0 Å². The Morgan fingerprint density at radius 1 is 1.09 bits per heavy atom. The number of fused-ring (bicyclic) bond motifs is 1. The molecule has 0 radical (unpaired) electrons. The zero-order chi connectivity index (χ0) is 15.7. The zero-order valence-electron chi connectivity index (χ0n) is 11.3. The molecule has 0 saturated heterocycles. The van der Waals surface area contributed by atoms with Crippen molar-refractivity contribution in [3.63, 3.8) is 0 Å². The number of allylic oxidation sites excluding steroid dienone is 1. The minimum Gasteiger partial charge on any atom is -0.321 e. The fraction of sp³-hybridized carbons (Fsp3) is 0. The Kier molecular flexibility index (Phi) is 3.27. The SMILES string of the molecule is O=C1Nc2ccccc2/C1=C/C(=O)c1ccc([N+](=O)[O-])cc1. The van der Waals surface area contributed by atoms with Crippen molar-refractivity contribution in [2.75, 3.05) is 5.32 Å². The van der Waals surface area contributed by atoms with Crippen molar-refractivity contribution in [3.05, 3.63) is 75.8 Å². The predicted octanol–water partition coefficient (Wildman–Crippen LogP) is 2.81. The Labute approximate surface area is 125 Å². The summed E-state index contributed by atoms with van der Waals surface area (Å²) in [6, 6.07) is 12.3. The first kappa shape index (κ1) is 13.7. The number of nitro groups is 1. The standard InChI is InChI=1S/C16H10N2O4/c19-15(10-5-7-11(8-6-10)18(21)22)9-13-12-3-1-2-4-14(12)17-16(13)20/h1-9H,(H,17,20)/b13-9-. The van der Waals surface area contributed by atoms with Gasteiger partial charge in [0.05, 0.1) is 10.5 Å². The molecule has 6 heteroatoms. The average Bonchev–Trinajstić information content (AvgIpc) is 2.83. The number of para-hydroxylation sites is 1. The summed E-state index contributed by atoms with van der Waals surface area (Å²) in [4.78, 5) is 34.2. The molecule has 108 valence electrons. The molecule has 2 aromatic carbocycles. The van der Waals surface area contributed by atoms with Gasteiger partial charge in [-0.3, -0.25) is 19.7 Å². The maximum absolute atomic E-state index is 12.2. The first-order chi connectivity index (χ1) is 10.6. The zero-order valence-corrected chi connectivity index (χ0v) is 11.3. The topological polar surface area (TPSA) is 89.3 Å². The smallest absolute Gasteiger partial charge is 0.269 e. The summed E-state index contributed by atoms with van der Waals surface area (Å²) in [6.07, 6.45) is 1.25. The van der Waals surface area contributed by atoms with E-state index in [-0.39, 0.29) is 22.9 Å². The van der Waals surface area contributed by atoms with Gasteiger partial charge in [-0.05, 0) is 24.3 Å². The molecule has 1 N–H and O–H groups in total. The molecule has 0 saturated carbocycles. The Bertz CT molecular complexity index is 822. The first-order valence-electron chi connectivity index (χ1n) is 6.47. The van der Waals surface area contributed by atoms with Gasteiger partial charge >= 0.3 is 0 Å². The van der Waals surface area contributed by atoms with Gasteiger partial charge < -0.3 is 5.32 Å². The summed E-state index contributed by atoms with van der Waals surface area (Å²) in [6.45, 7) is 0. The van der Waals surface area contributed by atoms with Crippen molar-refractivity contribution in [2.45, 2.75) is 0 Å². The quantitative estimate of drug-likeness (QED) is 0.408. The van der Waals surface area contributed by atoms with E-state index in [1.165, 1.54) is 30.3 Å². The van der Waals surface area contributed by atoms with Crippen LogP contribution in [0, 0.1) is 10.1 Å². The molecule has 2 aromatic rings. The predicted molar refractivity (Wildman–Crippen MR) is 80.5 cm³/mol. The summed E-state index contributed by atoms with van der Waals surface area (Å²) in [5, 5.41) is 13.3. The van der Waals surface area contributed by atoms with E-state index >= 15 is 0 Å². The van der Waals surface area contributed by atoms with Gasteiger partial charge in [-0.2, -0.15) is 0 Å². The lowest BCUT2D eigenvalue weighted by atomic mass is 10.0. The molecule has 1 aliphatic rings. The van der Waals surface area contributed by atoms with Crippen LogP contribution < -0.4 is 5.32 Å². The fourth-order valence-electron chi connectivity index (χ4n) is 2.24. The van der Waals surface area contributed by atoms with Gasteiger partial charge in [0.1, 0.15) is 0 Å². The fourth-order valence-corrected chi connectivity index (χ4v) is 2.24. The van der Waals surface area contributed by atoms with Crippen molar-refractivity contribution in [3.8, 4) is 0 Å². The van der Waals surface area contributed by atoms with Crippen molar-refractivity contribution in [1.82, 2.24) is 0 Å². The van der Waals surface area contributed by atoms with Gasteiger partial charge in [-0.25, -0.2) is 0 Å². The largest absolute Gasteiger partial charge is 0.321 e. The van der Waals surface area contributed by atoms with E-state index in [0.29, 0.717) is 16.8 Å². The highest BCUT2D eigenvalue weighted by atomic mass is 16.6. The second kappa shape index (κ2) is 5.25. The van der Waals surface area contributed by atoms with Gasteiger partial charge in [0.2, 0.25) is 0 Å². The number of nitro benzene ring substituents is 1. The van der Waals surface area contributed by atoms with Crippen LogP contribution in [-0.2, 0) is 4.79 Å². The van der Waals surface area contributed by atoms with Crippen LogP contribution in [0.4, 0.5) is 11.4 Å². The minimum absolute atomic E-state index is 0.0897. The summed E-state index contributed by atoms with van der Waals surface area (Å²) >= 11 is 0. The van der Waals surface area contributed by atoms with E-state index in [1.807, 2.05) is 0 Å². The highest BCUT2D eigenvalue weighted by Crippen LogP contribution is 2.31. The van der Waals surface area contributed by atoms with E-state index in [1.54, 1.807) is 24.3 Å². The molecule has 0 aliphatic carbocycles. The molecule has 0 fully saturated rings. The van der Waals surface area contributed by atoms with Gasteiger partial charge in [0, 0.05) is 28.9 Å². The first-order valence-corrected chi connectivity index (χ1v) is 6.47. The molecular formula is C16H10N2O4. The summed E-state index contributed by atoms with van der Waals surface area (Å²) < 4.78 is 0. The third-order valence-corrected chi connectivity index (χ3v) is 3.35. The molecule has 1 amide bonds. The lowest BCUT2D eigenvalue weighted by Crippen LogP contribution is -2.06. The Morgan fingerprint density at radius 3 is 2.45 bits per heavy atom. The normalized spacial score (nSPS) is 14.5. The van der Waals surface area contributed by atoms with Crippen LogP contribution in [0.15, 0.2) is 54.6 Å². The van der Waals surface area contributed by atoms with Crippen LogP contribution in [0.2, 0.25) is 0 Å². The average molecular weight is 294 g/mol. The number of hydrogen-bond acceptors (Lipinski definition) is 4. The second-order valence-corrected chi connectivity index (χ2v) is 4.73. The molecule has 0 unspecified atom stereocenters. The highest BCUT2D eigenvalue weighted by Gasteiger charge is 2.24. The van der Waals surface area contributed by atoms with E-state index in [2.05, 4.69) is 5.32 Å². The van der Waals surface area contributed by atoms with Gasteiger partial charge in [0.15, 0.2) is 5.78 Å². The van der Waals surface area contributed by atoms with Crippen LogP contribution in [0.1, 0.15) is 15.9 Å².